The molecule has 0 amide bonds. The summed E-state index contributed by atoms with van der Waals surface area (Å²) in [4.78, 5) is 4.83. The van der Waals surface area contributed by atoms with Gasteiger partial charge in [-0.1, -0.05) is 24.3 Å². The van der Waals surface area contributed by atoms with Gasteiger partial charge >= 0.3 is 0 Å². The van der Waals surface area contributed by atoms with Crippen molar-refractivity contribution in [3.8, 4) is 0 Å². The first-order valence-corrected chi connectivity index (χ1v) is 11.6. The Morgan fingerprint density at radius 1 is 1.06 bits per heavy atom. The van der Waals surface area contributed by atoms with E-state index in [0.717, 1.165) is 67.6 Å². The Labute approximate surface area is 196 Å². The molecule has 2 aliphatic heterocycles. The lowest BCUT2D eigenvalue weighted by atomic mass is 10.0. The number of benzene rings is 2. The highest BCUT2D eigenvalue weighted by atomic mass is 19.3. The van der Waals surface area contributed by atoms with Gasteiger partial charge in [0, 0.05) is 48.2 Å². The van der Waals surface area contributed by atoms with Crippen molar-refractivity contribution in [2.45, 2.75) is 32.4 Å². The number of piperazine rings is 1. The monoisotopic (exact) mass is 471 g/mol. The van der Waals surface area contributed by atoms with Gasteiger partial charge in [-0.25, -0.2) is 13.2 Å². The van der Waals surface area contributed by atoms with Crippen LogP contribution in [0.4, 0.5) is 24.7 Å². The lowest BCUT2D eigenvalue weighted by Crippen LogP contribution is -2.58. The summed E-state index contributed by atoms with van der Waals surface area (Å²) in [5, 5.41) is 13.6. The standard InChI is InChI=1S/C25H28F3N5O/c1-15(20-4-3-5-21(23(20)26)24(27)28)29-25-22-12-17(6-7-19(22)16(2)30-31-25)33-9-8-32-10-11-34-14-18(32)13-33/h3-7,12,15,18,24H,8-11,13-14H2,1-2H3,(H,29,31)/t15-,18+/m1/s1. The molecule has 0 saturated carbocycles. The molecule has 34 heavy (non-hydrogen) atoms. The lowest BCUT2D eigenvalue weighted by molar-refractivity contribution is -0.0116. The van der Waals surface area contributed by atoms with E-state index in [-0.39, 0.29) is 5.56 Å². The zero-order chi connectivity index (χ0) is 23.8. The van der Waals surface area contributed by atoms with Crippen LogP contribution in [-0.2, 0) is 4.74 Å². The maximum absolute atomic E-state index is 14.7. The summed E-state index contributed by atoms with van der Waals surface area (Å²) in [5.41, 5.74) is 1.43. The molecule has 3 aromatic rings. The maximum Gasteiger partial charge on any atom is 0.266 e. The van der Waals surface area contributed by atoms with E-state index in [9.17, 15) is 13.2 Å². The van der Waals surface area contributed by atoms with Gasteiger partial charge in [0.25, 0.3) is 6.43 Å². The van der Waals surface area contributed by atoms with Gasteiger partial charge in [-0.05, 0) is 26.0 Å². The molecule has 180 valence electrons. The summed E-state index contributed by atoms with van der Waals surface area (Å²) in [6.07, 6.45) is -2.87. The highest BCUT2D eigenvalue weighted by Gasteiger charge is 2.30. The third-order valence-corrected chi connectivity index (χ3v) is 6.86. The van der Waals surface area contributed by atoms with E-state index in [1.54, 1.807) is 6.92 Å². The number of nitrogens with zero attached hydrogens (tertiary/aromatic N) is 4. The van der Waals surface area contributed by atoms with Crippen LogP contribution in [0, 0.1) is 12.7 Å². The van der Waals surface area contributed by atoms with Gasteiger partial charge in [0.1, 0.15) is 5.82 Å². The molecule has 5 rings (SSSR count). The molecule has 0 spiro atoms. The van der Waals surface area contributed by atoms with Crippen LogP contribution in [0.5, 0.6) is 0 Å². The van der Waals surface area contributed by atoms with E-state index in [0.29, 0.717) is 11.9 Å². The van der Waals surface area contributed by atoms with Crippen LogP contribution in [0.2, 0.25) is 0 Å². The molecule has 1 N–H and O–H groups in total. The second-order valence-electron chi connectivity index (χ2n) is 8.99. The van der Waals surface area contributed by atoms with E-state index in [1.807, 2.05) is 13.0 Å². The summed E-state index contributed by atoms with van der Waals surface area (Å²) < 4.78 is 46.7. The molecule has 9 heteroatoms. The zero-order valence-corrected chi connectivity index (χ0v) is 19.3. The molecule has 2 aromatic carbocycles. The zero-order valence-electron chi connectivity index (χ0n) is 19.3. The molecule has 2 saturated heterocycles. The summed E-state index contributed by atoms with van der Waals surface area (Å²) in [5.74, 6) is -0.397. The summed E-state index contributed by atoms with van der Waals surface area (Å²) in [6.45, 7) is 8.92. The number of anilines is 2. The van der Waals surface area contributed by atoms with Gasteiger partial charge in [0.15, 0.2) is 5.82 Å². The topological polar surface area (TPSA) is 53.5 Å². The molecular formula is C25H28F3N5O. The van der Waals surface area contributed by atoms with E-state index in [2.05, 4.69) is 37.4 Å². The number of nitrogens with one attached hydrogen (secondary N) is 1. The van der Waals surface area contributed by atoms with Crippen molar-refractivity contribution in [2.24, 2.45) is 0 Å². The lowest BCUT2D eigenvalue weighted by Gasteiger charge is -2.44. The van der Waals surface area contributed by atoms with Crippen molar-refractivity contribution in [3.63, 3.8) is 0 Å². The van der Waals surface area contributed by atoms with Gasteiger partial charge < -0.3 is 15.0 Å². The number of morpholine rings is 1. The Hall–Kier alpha value is -2.91. The third-order valence-electron chi connectivity index (χ3n) is 6.86. The van der Waals surface area contributed by atoms with Crippen LogP contribution in [0.3, 0.4) is 0 Å². The van der Waals surface area contributed by atoms with Crippen molar-refractivity contribution < 1.29 is 17.9 Å². The minimum absolute atomic E-state index is 0.165. The second kappa shape index (κ2) is 9.38. The van der Waals surface area contributed by atoms with Crippen LogP contribution >= 0.6 is 0 Å². The molecule has 2 atom stereocenters. The number of halogens is 3. The fourth-order valence-corrected chi connectivity index (χ4v) is 4.91. The Bertz CT molecular complexity index is 1190. The summed E-state index contributed by atoms with van der Waals surface area (Å²) >= 11 is 0. The molecule has 2 aliphatic rings. The molecule has 0 unspecified atom stereocenters. The minimum Gasteiger partial charge on any atom is -0.378 e. The molecule has 0 bridgehead atoms. The van der Waals surface area contributed by atoms with Gasteiger partial charge in [-0.3, -0.25) is 4.90 Å². The van der Waals surface area contributed by atoms with Gasteiger partial charge in [-0.2, -0.15) is 5.10 Å². The van der Waals surface area contributed by atoms with E-state index < -0.39 is 23.8 Å². The fraction of sp³-hybridized carbons (Fsp3) is 0.440. The third kappa shape index (κ3) is 4.30. The van der Waals surface area contributed by atoms with Crippen molar-refractivity contribution in [1.29, 1.82) is 0 Å². The Morgan fingerprint density at radius 3 is 2.71 bits per heavy atom. The molecule has 1 aromatic heterocycles. The summed E-state index contributed by atoms with van der Waals surface area (Å²) in [6, 6.07) is 10.1. The Balaban J connectivity index is 1.45. The predicted octanol–water partition coefficient (Wildman–Crippen LogP) is 4.71. The second-order valence-corrected chi connectivity index (χ2v) is 8.99. The average Bonchev–Trinajstić information content (AvgIpc) is 2.85. The van der Waals surface area contributed by atoms with E-state index in [4.69, 9.17) is 4.74 Å². The van der Waals surface area contributed by atoms with Crippen LogP contribution in [-0.4, -0.2) is 60.5 Å². The number of rotatable bonds is 5. The molecule has 0 radical (unpaired) electrons. The number of alkyl halides is 2. The van der Waals surface area contributed by atoms with Crippen molar-refractivity contribution in [2.75, 3.05) is 49.6 Å². The van der Waals surface area contributed by atoms with Gasteiger partial charge in [0.2, 0.25) is 0 Å². The number of hydrogen-bond donors (Lipinski definition) is 1. The molecule has 3 heterocycles. The van der Waals surface area contributed by atoms with Crippen LogP contribution in [0.25, 0.3) is 10.8 Å². The van der Waals surface area contributed by atoms with E-state index in [1.165, 1.54) is 12.1 Å². The van der Waals surface area contributed by atoms with Crippen LogP contribution in [0.1, 0.15) is 36.2 Å². The Kier molecular flexibility index (Phi) is 6.31. The number of aromatic nitrogens is 2. The number of ether oxygens (including phenoxy) is 1. The fourth-order valence-electron chi connectivity index (χ4n) is 4.91. The summed E-state index contributed by atoms with van der Waals surface area (Å²) in [7, 11) is 0. The molecule has 6 nitrogen and oxygen atoms in total. The molecule has 2 fully saturated rings. The number of aryl methyl sites for hydroxylation is 1. The minimum atomic E-state index is -2.87. The normalized spacial score (nSPS) is 19.9. The first kappa shape index (κ1) is 22.9. The SMILES string of the molecule is Cc1nnc(N[C@H](C)c2cccc(C(F)F)c2F)c2cc(N3CCN4CCOC[C@@H]4C3)ccc12. The van der Waals surface area contributed by atoms with Crippen molar-refractivity contribution >= 4 is 22.3 Å². The molecule has 0 aliphatic carbocycles. The van der Waals surface area contributed by atoms with Crippen LogP contribution in [0.15, 0.2) is 36.4 Å². The van der Waals surface area contributed by atoms with Crippen molar-refractivity contribution in [1.82, 2.24) is 15.1 Å². The highest BCUT2D eigenvalue weighted by Crippen LogP contribution is 2.33. The maximum atomic E-state index is 14.7. The molecular weight excluding hydrogens is 443 g/mol. The predicted molar refractivity (Wildman–Crippen MR) is 126 cm³/mol. The van der Waals surface area contributed by atoms with Gasteiger partial charge in [0.05, 0.1) is 36.6 Å². The largest absolute Gasteiger partial charge is 0.378 e. The first-order valence-electron chi connectivity index (χ1n) is 11.6. The quantitative estimate of drug-likeness (QED) is 0.582. The first-order chi connectivity index (χ1) is 16.4. The van der Waals surface area contributed by atoms with Crippen molar-refractivity contribution in [3.05, 3.63) is 59.0 Å². The number of fused-ring (bicyclic) bond motifs is 2. The Morgan fingerprint density at radius 2 is 1.88 bits per heavy atom. The average molecular weight is 472 g/mol. The van der Waals surface area contributed by atoms with Crippen LogP contribution < -0.4 is 10.2 Å². The van der Waals surface area contributed by atoms with Gasteiger partial charge in [-0.15, -0.1) is 5.10 Å². The highest BCUT2D eigenvalue weighted by molar-refractivity contribution is 5.95. The smallest absolute Gasteiger partial charge is 0.266 e. The number of hydrogen-bond acceptors (Lipinski definition) is 6. The van der Waals surface area contributed by atoms with E-state index >= 15 is 0 Å².